The molecule has 23 heteroatoms. The molecule has 1 amide bonds. The van der Waals surface area contributed by atoms with Gasteiger partial charge < -0.3 is 15.2 Å². The molecule has 3 aliphatic heterocycles. The van der Waals surface area contributed by atoms with E-state index in [4.69, 9.17) is 61.6 Å². The van der Waals surface area contributed by atoms with E-state index in [1.54, 1.807) is 25.2 Å². The number of thiophene rings is 3. The number of alkyl halides is 1. The lowest BCUT2D eigenvalue weighted by Gasteiger charge is -2.20. The van der Waals surface area contributed by atoms with Crippen LogP contribution >= 0.6 is 132 Å². The van der Waals surface area contributed by atoms with Crippen LogP contribution in [0.25, 0.3) is 61.6 Å². The molecule has 3 saturated heterocycles. The van der Waals surface area contributed by atoms with Crippen molar-refractivity contribution in [3.05, 3.63) is 140 Å². The minimum absolute atomic E-state index is 0.187. The van der Waals surface area contributed by atoms with Crippen LogP contribution in [0.1, 0.15) is 95.2 Å². The number of primary amides is 1. The van der Waals surface area contributed by atoms with E-state index in [1.807, 2.05) is 102 Å². The van der Waals surface area contributed by atoms with Crippen molar-refractivity contribution in [2.75, 3.05) is 53.1 Å². The Morgan fingerprint density at radius 2 is 0.869 bits per heavy atom. The van der Waals surface area contributed by atoms with Crippen molar-refractivity contribution in [1.29, 1.82) is 0 Å². The molecule has 6 aromatic heterocycles. The van der Waals surface area contributed by atoms with Crippen molar-refractivity contribution < 1.29 is 23.9 Å². The van der Waals surface area contributed by atoms with Crippen molar-refractivity contribution in [1.82, 2.24) is 30.6 Å². The number of hydrogen-bond donors (Lipinski definition) is 1. The summed E-state index contributed by atoms with van der Waals surface area (Å²) < 4.78 is 12.6. The predicted octanol–water partition coefficient (Wildman–Crippen LogP) is 18.0. The molecule has 12 rings (SSSR count). The summed E-state index contributed by atoms with van der Waals surface area (Å²) in [6, 6.07) is 29.0. The van der Waals surface area contributed by atoms with Crippen molar-refractivity contribution in [3.8, 4) is 31.3 Å². The molecule has 440 valence electrons. The third kappa shape index (κ3) is 16.9. The van der Waals surface area contributed by atoms with Crippen LogP contribution in [0.2, 0.25) is 20.2 Å². The van der Waals surface area contributed by atoms with E-state index in [9.17, 15) is 14.4 Å². The summed E-state index contributed by atoms with van der Waals surface area (Å²) in [7, 11) is 0. The number of esters is 2. The van der Waals surface area contributed by atoms with Gasteiger partial charge >= 0.3 is 11.9 Å². The van der Waals surface area contributed by atoms with E-state index in [2.05, 4.69) is 70.4 Å². The fourth-order valence-corrected chi connectivity index (χ4v) is 18.1. The van der Waals surface area contributed by atoms with Gasteiger partial charge in [0.25, 0.3) is 5.91 Å². The number of hydrogen-bond acceptors (Lipinski definition) is 17. The molecule has 2 N–H and O–H groups in total. The first-order chi connectivity index (χ1) is 40.8. The Morgan fingerprint density at radius 1 is 0.512 bits per heavy atom. The molecule has 84 heavy (non-hydrogen) atoms. The molecule has 0 spiro atoms. The molecule has 0 aliphatic carbocycles. The Hall–Kier alpha value is -4.12. The number of ether oxygens (including phenoxy) is 2. The first kappa shape index (κ1) is 64.4. The van der Waals surface area contributed by atoms with E-state index in [-0.39, 0.29) is 23.1 Å². The number of benzene rings is 3. The lowest BCUT2D eigenvalue weighted by Crippen LogP contribution is -2.17. The van der Waals surface area contributed by atoms with E-state index in [0.717, 1.165) is 93.1 Å². The molecule has 3 fully saturated rings. The summed E-state index contributed by atoms with van der Waals surface area (Å²) in [4.78, 5) is 39.3. The lowest BCUT2D eigenvalue weighted by molar-refractivity contribution is 0.0511. The summed E-state index contributed by atoms with van der Waals surface area (Å²) in [6.07, 6.45) is 9.63. The van der Waals surface area contributed by atoms with Gasteiger partial charge in [0.05, 0.1) is 38.7 Å². The zero-order chi connectivity index (χ0) is 59.1. The highest BCUT2D eigenvalue weighted by Gasteiger charge is 2.25. The van der Waals surface area contributed by atoms with Crippen LogP contribution in [0.3, 0.4) is 0 Å². The molecule has 0 radical (unpaired) electrons. The number of nitrogens with two attached hydrogens (primary N) is 1. The zero-order valence-electron chi connectivity index (χ0n) is 46.1. The van der Waals surface area contributed by atoms with Crippen molar-refractivity contribution >= 4 is 180 Å². The smallest absolute Gasteiger partial charge is 0.360 e. The minimum atomic E-state index is -0.535. The molecule has 3 unspecified atom stereocenters. The molecule has 9 heterocycles. The Kier molecular flexibility index (Phi) is 24.3. The highest BCUT2D eigenvalue weighted by molar-refractivity contribution is 9.09. The SMILES string of the molecule is BrCC1CCCSC1.CCOC(=O)c1nnc(CC2CCCSC2)c2cc(-c3ccc(Cl)cc3)sc12.CCOC(=O)c1nnc(Cl)c2cc(-c3ccc(Cl)cc3)sc12.NC(=O)c1nnc(CC2CCCSC2)c2cc(-c3ccc(Cl)cc3)sc12. The molecular weight excluding hydrogens is 1320 g/mol. The van der Waals surface area contributed by atoms with Crippen LogP contribution < -0.4 is 5.73 Å². The summed E-state index contributed by atoms with van der Waals surface area (Å²) in [6.45, 7) is 4.13. The van der Waals surface area contributed by atoms with Crippen LogP contribution in [-0.4, -0.2) is 101 Å². The van der Waals surface area contributed by atoms with Gasteiger partial charge in [-0.25, -0.2) is 9.59 Å². The number of carbonyl (C=O) groups excluding carboxylic acids is 3. The van der Waals surface area contributed by atoms with Gasteiger partial charge in [-0.15, -0.1) is 54.4 Å². The number of rotatable bonds is 13. The normalized spacial score (nSPS) is 16.8. The Labute approximate surface area is 542 Å². The standard InChI is InChI=1S/C21H21ClN2O2S2.C19H18ClN3OS2.C15H10Cl2N2O2S.C6H11BrS/c1-2-26-21(25)19-20-16(11-18(28-20)14-5-7-15(22)8-6-14)17(23-24-19)10-13-4-3-9-27-12-13;20-13-5-3-12(4-6-13)16-9-14-15(8-11-2-1-7-25-10-11)22-23-17(19(21)24)18(14)26-16;1-2-21-15(20)12-13-10(14(17)19-18-12)7-11(22-13)8-3-5-9(16)6-4-8;7-4-6-2-1-3-8-5-6/h5-8,11,13H,2-4,9-10,12H2,1H3;3-6,9,11H,1-2,7-8,10H2,(H2,21,24);3-7H,2H2,1H3;6H,1-5H2. The van der Waals surface area contributed by atoms with Crippen LogP contribution in [0.5, 0.6) is 0 Å². The average molecular weight is 1390 g/mol. The first-order valence-electron chi connectivity index (χ1n) is 27.5. The maximum Gasteiger partial charge on any atom is 0.360 e. The van der Waals surface area contributed by atoms with Gasteiger partial charge in [0.2, 0.25) is 0 Å². The van der Waals surface area contributed by atoms with Crippen LogP contribution in [0.4, 0.5) is 0 Å². The number of fused-ring (bicyclic) bond motifs is 3. The molecule has 0 bridgehead atoms. The quantitative estimate of drug-likeness (QED) is 0.0853. The van der Waals surface area contributed by atoms with E-state index >= 15 is 0 Å². The van der Waals surface area contributed by atoms with Gasteiger partial charge in [-0.3, -0.25) is 4.79 Å². The monoisotopic (exact) mass is 1380 g/mol. The van der Waals surface area contributed by atoms with Gasteiger partial charge in [-0.2, -0.15) is 45.5 Å². The third-order valence-corrected chi connectivity index (χ3v) is 23.3. The highest BCUT2D eigenvalue weighted by atomic mass is 79.9. The second-order valence-electron chi connectivity index (χ2n) is 20.0. The number of carbonyl (C=O) groups is 3. The van der Waals surface area contributed by atoms with Crippen LogP contribution in [0.15, 0.2) is 91.0 Å². The highest BCUT2D eigenvalue weighted by Crippen LogP contribution is 2.41. The molecule has 3 atom stereocenters. The Balaban J connectivity index is 0.000000142. The fourth-order valence-electron chi connectivity index (χ4n) is 9.71. The van der Waals surface area contributed by atoms with E-state index < -0.39 is 17.8 Å². The predicted molar refractivity (Wildman–Crippen MR) is 360 cm³/mol. The second kappa shape index (κ2) is 31.7. The Bertz CT molecular complexity index is 3690. The molecular formula is C61H60BrCl4N7O5S6. The summed E-state index contributed by atoms with van der Waals surface area (Å²) >= 11 is 38.2. The number of thioether (sulfide) groups is 3. The maximum atomic E-state index is 12.4. The first-order valence-corrected chi connectivity index (χ1v) is 36.1. The van der Waals surface area contributed by atoms with E-state index in [0.29, 0.717) is 49.3 Å². The summed E-state index contributed by atoms with van der Waals surface area (Å²) in [5, 5.41) is 31.2. The van der Waals surface area contributed by atoms with Crippen LogP contribution in [0, 0.1) is 17.8 Å². The van der Waals surface area contributed by atoms with Gasteiger partial charge in [-0.05, 0) is 189 Å². The number of amides is 1. The number of aromatic nitrogens is 6. The fraction of sp³-hybridized carbons (Fsp3) is 0.361. The van der Waals surface area contributed by atoms with Crippen molar-refractivity contribution in [2.45, 2.75) is 65.2 Å². The third-order valence-electron chi connectivity index (χ3n) is 14.0. The maximum absolute atomic E-state index is 12.4. The number of halogens is 5. The van der Waals surface area contributed by atoms with Crippen molar-refractivity contribution in [3.63, 3.8) is 0 Å². The van der Waals surface area contributed by atoms with Gasteiger partial charge in [0, 0.05) is 51.2 Å². The molecule has 9 aromatic rings. The average Bonchev–Trinajstić information content (AvgIpc) is 4.38. The van der Waals surface area contributed by atoms with Gasteiger partial charge in [0.1, 0.15) is 0 Å². The Morgan fingerprint density at radius 3 is 1.23 bits per heavy atom. The number of nitrogens with zero attached hydrogens (tertiary/aromatic N) is 6. The zero-order valence-corrected chi connectivity index (χ0v) is 55.6. The largest absolute Gasteiger partial charge is 0.461 e. The van der Waals surface area contributed by atoms with Crippen molar-refractivity contribution in [2.24, 2.45) is 23.5 Å². The minimum Gasteiger partial charge on any atom is -0.461 e. The summed E-state index contributed by atoms with van der Waals surface area (Å²) in [5.41, 5.74) is 11.3. The molecule has 3 aromatic carbocycles. The van der Waals surface area contributed by atoms with Gasteiger partial charge in [0.15, 0.2) is 22.2 Å². The van der Waals surface area contributed by atoms with E-state index in [1.165, 1.54) is 89.5 Å². The van der Waals surface area contributed by atoms with Gasteiger partial charge in [-0.1, -0.05) is 98.7 Å². The molecule has 0 saturated carbocycles. The lowest BCUT2D eigenvalue weighted by atomic mass is 9.97. The van der Waals surface area contributed by atoms with Crippen LogP contribution in [-0.2, 0) is 22.3 Å². The molecule has 3 aliphatic rings. The summed E-state index contributed by atoms with van der Waals surface area (Å²) in [5.74, 6) is 8.34. The topological polar surface area (TPSA) is 173 Å². The molecule has 12 nitrogen and oxygen atoms in total. The second-order valence-corrected chi connectivity index (χ2v) is 28.9.